The van der Waals surface area contributed by atoms with E-state index < -0.39 is 16.1 Å². The second-order valence-electron chi connectivity index (χ2n) is 8.99. The van der Waals surface area contributed by atoms with Gasteiger partial charge in [0.05, 0.1) is 19.1 Å². The lowest BCUT2D eigenvalue weighted by Gasteiger charge is -2.30. The Morgan fingerprint density at radius 1 is 1.06 bits per heavy atom. The summed E-state index contributed by atoms with van der Waals surface area (Å²) in [6, 6.07) is 13.8. The fraction of sp³-hybridized carbons (Fsp3) is 0.462. The Morgan fingerprint density at radius 2 is 1.71 bits per heavy atom. The van der Waals surface area contributed by atoms with Crippen molar-refractivity contribution in [1.29, 1.82) is 0 Å². The largest absolute Gasteiger partial charge is 0.497 e. The normalized spacial score (nSPS) is 12.2. The van der Waals surface area contributed by atoms with Crippen LogP contribution >= 0.6 is 0 Å². The highest BCUT2D eigenvalue weighted by Gasteiger charge is 2.27. The van der Waals surface area contributed by atoms with Gasteiger partial charge in [0.15, 0.2) is 0 Å². The molecule has 9 heteroatoms. The number of methoxy groups -OCH3 is 1. The molecular weight excluding hydrogens is 466 g/mol. The minimum Gasteiger partial charge on any atom is -0.497 e. The van der Waals surface area contributed by atoms with E-state index in [2.05, 4.69) is 5.32 Å². The summed E-state index contributed by atoms with van der Waals surface area (Å²) in [5, 5.41) is 2.86. The molecule has 0 aliphatic heterocycles. The quantitative estimate of drug-likeness (QED) is 0.478. The first-order valence-electron chi connectivity index (χ1n) is 11.7. The number of hydrogen-bond donors (Lipinski definition) is 1. The molecule has 0 spiro atoms. The second-order valence-corrected chi connectivity index (χ2v) is 10.9. The van der Waals surface area contributed by atoms with Crippen molar-refractivity contribution in [2.75, 3.05) is 24.2 Å². The van der Waals surface area contributed by atoms with Gasteiger partial charge in [0, 0.05) is 25.6 Å². The van der Waals surface area contributed by atoms with Gasteiger partial charge >= 0.3 is 0 Å². The molecule has 1 N–H and O–H groups in total. The molecule has 2 aromatic rings. The van der Waals surface area contributed by atoms with Crippen LogP contribution in [0.3, 0.4) is 0 Å². The molecule has 2 rings (SSSR count). The van der Waals surface area contributed by atoms with E-state index in [1.54, 1.807) is 32.2 Å². The van der Waals surface area contributed by atoms with Crippen LogP contribution in [-0.4, -0.2) is 57.1 Å². The fourth-order valence-corrected chi connectivity index (χ4v) is 4.66. The Bertz CT molecular complexity index is 1100. The molecule has 0 aromatic heterocycles. The summed E-state index contributed by atoms with van der Waals surface area (Å²) in [5.41, 5.74) is 2.38. The number of carbonyl (C=O) groups is 2. The summed E-state index contributed by atoms with van der Waals surface area (Å²) < 4.78 is 31.3. The molecule has 0 radical (unpaired) electrons. The van der Waals surface area contributed by atoms with Crippen molar-refractivity contribution in [2.24, 2.45) is 0 Å². The number of rotatable bonds is 12. The van der Waals surface area contributed by atoms with E-state index in [1.807, 2.05) is 51.1 Å². The van der Waals surface area contributed by atoms with Crippen LogP contribution in [0.4, 0.5) is 5.69 Å². The zero-order valence-electron chi connectivity index (χ0n) is 21.4. The molecule has 0 saturated heterocycles. The van der Waals surface area contributed by atoms with Crippen LogP contribution < -0.4 is 14.4 Å². The molecule has 0 aliphatic carbocycles. The Hall–Kier alpha value is -3.07. The highest BCUT2D eigenvalue weighted by molar-refractivity contribution is 7.92. The van der Waals surface area contributed by atoms with Gasteiger partial charge in [-0.3, -0.25) is 13.9 Å². The first kappa shape index (κ1) is 28.2. The lowest BCUT2D eigenvalue weighted by atomic mass is 10.1. The summed E-state index contributed by atoms with van der Waals surface area (Å²) in [6.07, 6.45) is 1.58. The van der Waals surface area contributed by atoms with E-state index >= 15 is 0 Å². The summed E-state index contributed by atoms with van der Waals surface area (Å²) in [4.78, 5) is 27.5. The fourth-order valence-electron chi connectivity index (χ4n) is 3.70. The van der Waals surface area contributed by atoms with Crippen LogP contribution in [0.25, 0.3) is 0 Å². The highest BCUT2D eigenvalue weighted by Crippen LogP contribution is 2.21. The van der Waals surface area contributed by atoms with Crippen molar-refractivity contribution in [3.05, 3.63) is 59.7 Å². The van der Waals surface area contributed by atoms with E-state index in [4.69, 9.17) is 4.74 Å². The van der Waals surface area contributed by atoms with Gasteiger partial charge < -0.3 is 15.0 Å². The number of aryl methyl sites for hydroxylation is 1. The van der Waals surface area contributed by atoms with Crippen molar-refractivity contribution in [3.8, 4) is 5.75 Å². The number of carbonyl (C=O) groups excluding carboxylic acids is 2. The summed E-state index contributed by atoms with van der Waals surface area (Å²) in [7, 11) is -1.94. The molecule has 8 nitrogen and oxygen atoms in total. The van der Waals surface area contributed by atoms with Crippen LogP contribution in [-0.2, 0) is 26.2 Å². The third-order valence-corrected chi connectivity index (χ3v) is 6.75. The number of anilines is 1. The lowest BCUT2D eigenvalue weighted by Crippen LogP contribution is -2.49. The first-order chi connectivity index (χ1) is 16.4. The van der Waals surface area contributed by atoms with Crippen LogP contribution in [0, 0.1) is 6.92 Å². The zero-order chi connectivity index (χ0) is 26.2. The minimum atomic E-state index is -3.52. The predicted molar refractivity (Wildman–Crippen MR) is 139 cm³/mol. The number of nitrogens with one attached hydrogen (secondary N) is 1. The maximum absolute atomic E-state index is 13.3. The average Bonchev–Trinajstić information content (AvgIpc) is 2.78. The molecular formula is C26H37N3O5S. The monoisotopic (exact) mass is 503 g/mol. The van der Waals surface area contributed by atoms with Crippen molar-refractivity contribution in [1.82, 2.24) is 10.2 Å². The Kier molecular flexibility index (Phi) is 10.1. The average molecular weight is 504 g/mol. The third-order valence-electron chi connectivity index (χ3n) is 5.55. The second kappa shape index (κ2) is 12.6. The highest BCUT2D eigenvalue weighted by atomic mass is 32.2. The summed E-state index contributed by atoms with van der Waals surface area (Å²) in [5.74, 6) is 0.249. The van der Waals surface area contributed by atoms with Crippen molar-refractivity contribution in [2.45, 2.75) is 59.2 Å². The van der Waals surface area contributed by atoms with E-state index in [-0.39, 0.29) is 37.4 Å². The standard InChI is InChI=1S/C26H37N3O5S/c1-19(2)27-26(31)21(4)28(18-22-12-14-24(34-5)15-13-22)25(30)11-8-16-29(35(6,32)33)23-10-7-9-20(3)17-23/h7,9-10,12-15,17,19,21H,8,11,16,18H2,1-6H3,(H,27,31)/t21-/m0/s1. The van der Waals surface area contributed by atoms with Gasteiger partial charge in [-0.15, -0.1) is 0 Å². The van der Waals surface area contributed by atoms with Gasteiger partial charge in [-0.25, -0.2) is 8.42 Å². The Labute approximate surface area is 209 Å². The molecule has 0 bridgehead atoms. The number of benzene rings is 2. The topological polar surface area (TPSA) is 96.0 Å². The number of amides is 2. The van der Waals surface area contributed by atoms with Crippen molar-refractivity contribution >= 4 is 27.5 Å². The van der Waals surface area contributed by atoms with Gasteiger partial charge in [0.2, 0.25) is 21.8 Å². The number of hydrogen-bond acceptors (Lipinski definition) is 5. The van der Waals surface area contributed by atoms with Gasteiger partial charge in [0.1, 0.15) is 11.8 Å². The van der Waals surface area contributed by atoms with E-state index in [9.17, 15) is 18.0 Å². The van der Waals surface area contributed by atoms with Crippen LogP contribution in [0.5, 0.6) is 5.75 Å². The van der Waals surface area contributed by atoms with E-state index in [0.29, 0.717) is 17.9 Å². The molecule has 1 atom stereocenters. The number of sulfonamides is 1. The smallest absolute Gasteiger partial charge is 0.242 e. The predicted octanol–water partition coefficient (Wildman–Crippen LogP) is 3.49. The minimum absolute atomic E-state index is 0.0551. The van der Waals surface area contributed by atoms with Crippen LogP contribution in [0.1, 0.15) is 44.7 Å². The number of ether oxygens (including phenoxy) is 1. The molecule has 0 heterocycles. The van der Waals surface area contributed by atoms with Crippen molar-refractivity contribution < 1.29 is 22.7 Å². The van der Waals surface area contributed by atoms with Gasteiger partial charge in [0.25, 0.3) is 0 Å². The van der Waals surface area contributed by atoms with Gasteiger partial charge in [-0.1, -0.05) is 24.3 Å². The van der Waals surface area contributed by atoms with Gasteiger partial charge in [-0.05, 0) is 69.5 Å². The van der Waals surface area contributed by atoms with Crippen LogP contribution in [0.15, 0.2) is 48.5 Å². The SMILES string of the molecule is COc1ccc(CN(C(=O)CCCN(c2cccc(C)c2)S(C)(=O)=O)[C@@H](C)C(=O)NC(C)C)cc1. The van der Waals surface area contributed by atoms with Crippen LogP contribution in [0.2, 0.25) is 0 Å². The molecule has 0 aliphatic rings. The zero-order valence-corrected chi connectivity index (χ0v) is 22.3. The van der Waals surface area contributed by atoms with Gasteiger partial charge in [-0.2, -0.15) is 0 Å². The number of nitrogens with zero attached hydrogens (tertiary/aromatic N) is 2. The first-order valence-corrected chi connectivity index (χ1v) is 13.5. The van der Waals surface area contributed by atoms with E-state index in [0.717, 1.165) is 17.4 Å². The maximum atomic E-state index is 13.3. The Balaban J connectivity index is 2.17. The molecule has 0 saturated carbocycles. The third kappa shape index (κ3) is 8.58. The molecule has 2 amide bonds. The molecule has 2 aromatic carbocycles. The Morgan fingerprint density at radius 3 is 2.26 bits per heavy atom. The maximum Gasteiger partial charge on any atom is 0.242 e. The lowest BCUT2D eigenvalue weighted by molar-refractivity contribution is -0.140. The molecule has 35 heavy (non-hydrogen) atoms. The summed E-state index contributed by atoms with van der Waals surface area (Å²) in [6.45, 7) is 7.75. The molecule has 0 unspecified atom stereocenters. The summed E-state index contributed by atoms with van der Waals surface area (Å²) >= 11 is 0. The molecule has 192 valence electrons. The van der Waals surface area contributed by atoms with E-state index in [1.165, 1.54) is 9.21 Å². The van der Waals surface area contributed by atoms with Crippen molar-refractivity contribution in [3.63, 3.8) is 0 Å². The molecule has 0 fully saturated rings.